The number of nitrogens with zero attached hydrogens (tertiary/aromatic N) is 6. The van der Waals surface area contributed by atoms with E-state index in [2.05, 4.69) is 30.1 Å². The Labute approximate surface area is 124 Å². The molecule has 0 unspecified atom stereocenters. The van der Waals surface area contributed by atoms with Crippen molar-refractivity contribution in [2.24, 2.45) is 0 Å². The van der Waals surface area contributed by atoms with E-state index in [1.165, 1.54) is 0 Å². The third-order valence-corrected chi connectivity index (χ3v) is 2.86. The van der Waals surface area contributed by atoms with E-state index >= 15 is 0 Å². The van der Waals surface area contributed by atoms with E-state index in [1.54, 1.807) is 18.5 Å². The van der Waals surface area contributed by atoms with Gasteiger partial charge in [-0.05, 0) is 11.3 Å². The van der Waals surface area contributed by atoms with Gasteiger partial charge in [0.1, 0.15) is 0 Å². The van der Waals surface area contributed by atoms with Gasteiger partial charge >= 0.3 is 0 Å². The summed E-state index contributed by atoms with van der Waals surface area (Å²) < 4.78 is 0. The molecular weight excluding hydrogens is 276 g/mol. The highest BCUT2D eigenvalue weighted by atomic mass is 16.3. The van der Waals surface area contributed by atoms with Crippen molar-refractivity contribution in [2.45, 2.75) is 0 Å². The molecule has 120 valence electrons. The summed E-state index contributed by atoms with van der Waals surface area (Å²) in [4.78, 5) is 6.28. The summed E-state index contributed by atoms with van der Waals surface area (Å²) in [5.74, 6) is 0. The number of β-amino-alcohol motifs (C(OH)–C–C–N with tert-alkyl or cyclic N) is 3. The summed E-state index contributed by atoms with van der Waals surface area (Å²) in [6.07, 6.45) is 3.15. The second-order valence-electron chi connectivity index (χ2n) is 4.59. The van der Waals surface area contributed by atoms with Crippen LogP contribution in [0.3, 0.4) is 0 Å². The Bertz CT molecular complexity index is 284. The molecule has 1 aromatic rings. The second-order valence-corrected chi connectivity index (χ2v) is 4.59. The lowest BCUT2D eigenvalue weighted by atomic mass is 10.4. The van der Waals surface area contributed by atoms with Gasteiger partial charge in [0.25, 0.3) is 0 Å². The van der Waals surface area contributed by atoms with Gasteiger partial charge in [-0.2, -0.15) is 0 Å². The van der Waals surface area contributed by atoms with Crippen molar-refractivity contribution in [1.29, 1.82) is 0 Å². The molecule has 0 amide bonds. The van der Waals surface area contributed by atoms with E-state index in [4.69, 9.17) is 15.3 Å². The van der Waals surface area contributed by atoms with E-state index < -0.39 is 0 Å². The Hall–Kier alpha value is -1.23. The Balaban J connectivity index is 0.000000304. The lowest BCUT2D eigenvalue weighted by Gasteiger charge is -2.41. The maximum absolute atomic E-state index is 8.87. The van der Waals surface area contributed by atoms with Crippen molar-refractivity contribution in [3.05, 3.63) is 18.5 Å². The SMILES string of the molecule is OCCN1CN(CCO)CN(CCO)C1.c1cnnnc1. The Morgan fingerprint density at radius 3 is 1.29 bits per heavy atom. The molecule has 2 rings (SSSR count). The molecule has 0 bridgehead atoms. The minimum absolute atomic E-state index is 0.139. The van der Waals surface area contributed by atoms with Crippen molar-refractivity contribution < 1.29 is 15.3 Å². The molecule has 2 heterocycles. The molecule has 1 aromatic heterocycles. The topological polar surface area (TPSA) is 109 Å². The smallest absolute Gasteiger partial charge is 0.0559 e. The Kier molecular flexibility index (Phi) is 9.70. The third kappa shape index (κ3) is 7.95. The monoisotopic (exact) mass is 300 g/mol. The van der Waals surface area contributed by atoms with Crippen molar-refractivity contribution in [1.82, 2.24) is 30.1 Å². The fourth-order valence-electron chi connectivity index (χ4n) is 2.04. The summed E-state index contributed by atoms with van der Waals surface area (Å²) in [7, 11) is 0. The summed E-state index contributed by atoms with van der Waals surface area (Å²) in [5, 5.41) is 36.8. The minimum Gasteiger partial charge on any atom is -0.395 e. The van der Waals surface area contributed by atoms with Crippen LogP contribution in [0.4, 0.5) is 0 Å². The third-order valence-electron chi connectivity index (χ3n) is 2.86. The van der Waals surface area contributed by atoms with Gasteiger partial charge in [-0.25, -0.2) is 0 Å². The predicted molar refractivity (Wildman–Crippen MR) is 75.8 cm³/mol. The average molecular weight is 300 g/mol. The maximum atomic E-state index is 8.87. The second kappa shape index (κ2) is 11.4. The summed E-state index contributed by atoms with van der Waals surface area (Å²) in [6, 6.07) is 1.72. The average Bonchev–Trinajstić information content (AvgIpc) is 2.50. The quantitative estimate of drug-likeness (QED) is 0.531. The normalized spacial score (nSPS) is 17.3. The van der Waals surface area contributed by atoms with Gasteiger partial charge in [0.15, 0.2) is 0 Å². The highest BCUT2D eigenvalue weighted by Crippen LogP contribution is 2.06. The Morgan fingerprint density at radius 1 is 0.714 bits per heavy atom. The van der Waals surface area contributed by atoms with Crippen molar-refractivity contribution in [3.63, 3.8) is 0 Å². The first kappa shape index (κ1) is 17.8. The van der Waals surface area contributed by atoms with E-state index in [0.29, 0.717) is 19.6 Å². The van der Waals surface area contributed by atoms with Crippen LogP contribution in [-0.4, -0.2) is 105 Å². The first-order chi connectivity index (χ1) is 10.3. The first-order valence-corrected chi connectivity index (χ1v) is 6.88. The lowest BCUT2D eigenvalue weighted by molar-refractivity contribution is -0.0448. The maximum Gasteiger partial charge on any atom is 0.0559 e. The molecule has 0 radical (unpaired) electrons. The largest absolute Gasteiger partial charge is 0.395 e. The summed E-state index contributed by atoms with van der Waals surface area (Å²) in [5.41, 5.74) is 0. The van der Waals surface area contributed by atoms with Gasteiger partial charge in [0, 0.05) is 19.6 Å². The van der Waals surface area contributed by atoms with Gasteiger partial charge in [-0.1, -0.05) is 0 Å². The summed E-state index contributed by atoms with van der Waals surface area (Å²) >= 11 is 0. The van der Waals surface area contributed by atoms with E-state index in [0.717, 1.165) is 20.0 Å². The zero-order valence-corrected chi connectivity index (χ0v) is 12.1. The van der Waals surface area contributed by atoms with Gasteiger partial charge in [-0.15, -0.1) is 10.2 Å². The van der Waals surface area contributed by atoms with Gasteiger partial charge < -0.3 is 15.3 Å². The van der Waals surface area contributed by atoms with Crippen LogP contribution >= 0.6 is 0 Å². The first-order valence-electron chi connectivity index (χ1n) is 6.88. The fourth-order valence-corrected chi connectivity index (χ4v) is 2.04. The van der Waals surface area contributed by atoms with Crippen LogP contribution in [0, 0.1) is 0 Å². The van der Waals surface area contributed by atoms with Gasteiger partial charge in [0.2, 0.25) is 0 Å². The zero-order valence-electron chi connectivity index (χ0n) is 12.1. The fraction of sp³-hybridized carbons (Fsp3) is 0.750. The molecule has 0 aliphatic carbocycles. The van der Waals surface area contributed by atoms with E-state index in [1.807, 2.05) is 0 Å². The van der Waals surface area contributed by atoms with Crippen molar-refractivity contribution in [3.8, 4) is 0 Å². The predicted octanol–water partition coefficient (Wildman–Crippen LogP) is -2.37. The van der Waals surface area contributed by atoms with Crippen LogP contribution < -0.4 is 0 Å². The molecule has 21 heavy (non-hydrogen) atoms. The Morgan fingerprint density at radius 2 is 1.10 bits per heavy atom. The molecule has 1 fully saturated rings. The van der Waals surface area contributed by atoms with Gasteiger partial charge in [-0.3, -0.25) is 14.7 Å². The van der Waals surface area contributed by atoms with Crippen molar-refractivity contribution in [2.75, 3.05) is 59.5 Å². The van der Waals surface area contributed by atoms with E-state index in [9.17, 15) is 0 Å². The molecular formula is C12H24N6O3. The molecule has 0 atom stereocenters. The molecule has 0 spiro atoms. The highest BCUT2D eigenvalue weighted by Gasteiger charge is 2.21. The molecule has 1 saturated heterocycles. The molecule has 0 aromatic carbocycles. The number of aliphatic hydroxyl groups is 3. The number of aromatic nitrogens is 3. The summed E-state index contributed by atoms with van der Waals surface area (Å²) in [6.45, 7) is 4.60. The van der Waals surface area contributed by atoms with Crippen LogP contribution in [0.1, 0.15) is 0 Å². The number of aliphatic hydroxyl groups excluding tert-OH is 3. The number of hydrogen-bond donors (Lipinski definition) is 3. The lowest BCUT2D eigenvalue weighted by Crippen LogP contribution is -2.56. The van der Waals surface area contributed by atoms with Crippen LogP contribution in [0.5, 0.6) is 0 Å². The minimum atomic E-state index is 0.139. The molecule has 9 heteroatoms. The molecule has 9 nitrogen and oxygen atoms in total. The number of rotatable bonds is 6. The van der Waals surface area contributed by atoms with Crippen LogP contribution in [0.15, 0.2) is 18.5 Å². The molecule has 3 N–H and O–H groups in total. The zero-order chi connectivity index (χ0) is 15.3. The number of hydrogen-bond acceptors (Lipinski definition) is 9. The van der Waals surface area contributed by atoms with Crippen LogP contribution in [0.25, 0.3) is 0 Å². The van der Waals surface area contributed by atoms with Gasteiger partial charge in [0.05, 0.1) is 52.2 Å². The van der Waals surface area contributed by atoms with Crippen LogP contribution in [-0.2, 0) is 0 Å². The standard InChI is InChI=1S/C9H21N3O3.C3H3N3/c13-4-1-10-7-11(2-5-14)9-12(8-10)3-6-15;1-2-4-6-5-3-1/h13-15H,1-9H2;1-3H. The highest BCUT2D eigenvalue weighted by molar-refractivity contribution is 4.70. The van der Waals surface area contributed by atoms with E-state index in [-0.39, 0.29) is 19.8 Å². The molecule has 1 aliphatic rings. The van der Waals surface area contributed by atoms with Crippen LogP contribution in [0.2, 0.25) is 0 Å². The molecule has 1 aliphatic heterocycles. The van der Waals surface area contributed by atoms with Crippen molar-refractivity contribution >= 4 is 0 Å². The molecule has 0 saturated carbocycles.